The van der Waals surface area contributed by atoms with Crippen molar-refractivity contribution in [2.45, 2.75) is 125 Å². The Hall–Kier alpha value is -3.09. The van der Waals surface area contributed by atoms with Gasteiger partial charge in [0.2, 0.25) is 0 Å². The van der Waals surface area contributed by atoms with Gasteiger partial charge in [-0.3, -0.25) is 14.6 Å². The first kappa shape index (κ1) is 38.9. The molecule has 3 rings (SSSR count). The van der Waals surface area contributed by atoms with E-state index in [9.17, 15) is 18.4 Å². The van der Waals surface area contributed by atoms with E-state index < -0.39 is 17.4 Å². The smallest absolute Gasteiger partial charge is 0.302 e. The molecule has 2 saturated carbocycles. The lowest BCUT2D eigenvalue weighted by Gasteiger charge is -2.30. The van der Waals surface area contributed by atoms with Crippen LogP contribution < -0.4 is 0 Å². The molecule has 0 radical (unpaired) electrons. The van der Waals surface area contributed by atoms with Crippen LogP contribution in [-0.2, 0) is 9.53 Å². The number of nitrogens with zero attached hydrogens (tertiary/aromatic N) is 2. The van der Waals surface area contributed by atoms with Gasteiger partial charge in [0.1, 0.15) is 0 Å². The summed E-state index contributed by atoms with van der Waals surface area (Å²) in [5, 5.41) is 0. The van der Waals surface area contributed by atoms with E-state index in [-0.39, 0.29) is 17.1 Å². The molecular weight excluding hydrogens is 558 g/mol. The van der Waals surface area contributed by atoms with Crippen molar-refractivity contribution in [3.8, 4) is 0 Å². The fourth-order valence-corrected chi connectivity index (χ4v) is 5.01. The molecule has 1 aromatic carbocycles. The number of allylic oxidation sites excluding steroid dienone is 3. The molecule has 1 aromatic rings. The molecule has 0 bridgehead atoms. The summed E-state index contributed by atoms with van der Waals surface area (Å²) in [6, 6.07) is 3.12. The summed E-state index contributed by atoms with van der Waals surface area (Å²) in [5.41, 5.74) is 2.04. The lowest BCUT2D eigenvalue weighted by Crippen LogP contribution is -2.30. The van der Waals surface area contributed by atoms with Gasteiger partial charge in [0.15, 0.2) is 17.4 Å². The molecule has 0 unspecified atom stereocenters. The van der Waals surface area contributed by atoms with E-state index >= 15 is 0 Å². The number of Topliss-reactive ketones (excluding diaryl/α,β-unsaturated/α-hetero) is 1. The number of halogens is 2. The van der Waals surface area contributed by atoms with Gasteiger partial charge in [-0.1, -0.05) is 84.8 Å². The van der Waals surface area contributed by atoms with Crippen LogP contribution in [0.5, 0.6) is 0 Å². The van der Waals surface area contributed by atoms with Gasteiger partial charge in [0, 0.05) is 31.0 Å². The van der Waals surface area contributed by atoms with Gasteiger partial charge >= 0.3 is 5.97 Å². The van der Waals surface area contributed by atoms with Crippen LogP contribution >= 0.6 is 0 Å². The van der Waals surface area contributed by atoms with E-state index in [1.54, 1.807) is 19.1 Å². The quantitative estimate of drug-likeness (QED) is 0.0587. The number of unbranched alkanes of at least 4 members (excludes halogenated alkanes) is 3. The Kier molecular flexibility index (Phi) is 17.7. The number of rotatable bonds is 12. The highest BCUT2D eigenvalue weighted by molar-refractivity contribution is 5.94. The molecule has 2 fully saturated rings. The molecular formula is C37H56F2N2O3. The Morgan fingerprint density at radius 3 is 1.95 bits per heavy atom. The lowest BCUT2D eigenvalue weighted by molar-refractivity contribution is -0.142. The van der Waals surface area contributed by atoms with E-state index in [1.165, 1.54) is 90.2 Å². The zero-order chi connectivity index (χ0) is 33.3. The number of carbonyl (C=O) groups excluding carboxylic acids is 2. The van der Waals surface area contributed by atoms with Crippen LogP contribution in [0.25, 0.3) is 5.57 Å². The van der Waals surface area contributed by atoms with E-state index in [2.05, 4.69) is 44.0 Å². The third-order valence-electron chi connectivity index (χ3n) is 8.30. The zero-order valence-corrected chi connectivity index (χ0v) is 28.4. The number of carbonyl (C=O) groups is 2. The fourth-order valence-electron chi connectivity index (χ4n) is 5.01. The summed E-state index contributed by atoms with van der Waals surface area (Å²) in [4.78, 5) is 28.0. The Morgan fingerprint density at radius 1 is 1.00 bits per heavy atom. The minimum absolute atomic E-state index is 0.0918. The van der Waals surface area contributed by atoms with Crippen LogP contribution in [0.1, 0.15) is 135 Å². The van der Waals surface area contributed by atoms with Gasteiger partial charge in [0.25, 0.3) is 0 Å². The predicted octanol–water partition coefficient (Wildman–Crippen LogP) is 10.3. The molecule has 44 heavy (non-hydrogen) atoms. The molecule has 0 heterocycles. The molecule has 0 N–H and O–H groups in total. The van der Waals surface area contributed by atoms with Gasteiger partial charge < -0.3 is 9.64 Å². The Balaban J connectivity index is 0.000000526. The number of ketones is 1. The van der Waals surface area contributed by atoms with E-state index in [1.807, 2.05) is 7.05 Å². The number of likely N-dealkylation sites (N-methyl/N-ethyl adjacent to an activating group) is 1. The summed E-state index contributed by atoms with van der Waals surface area (Å²) in [5.74, 6) is -2.84. The summed E-state index contributed by atoms with van der Waals surface area (Å²) >= 11 is 0. The number of hydrogen-bond acceptors (Lipinski definition) is 5. The van der Waals surface area contributed by atoms with Gasteiger partial charge in [-0.25, -0.2) is 8.78 Å². The van der Waals surface area contributed by atoms with E-state index in [0.717, 1.165) is 18.5 Å². The average molecular weight is 615 g/mol. The molecule has 0 aromatic heterocycles. The molecule has 5 nitrogen and oxygen atoms in total. The van der Waals surface area contributed by atoms with Crippen LogP contribution in [0.3, 0.4) is 0 Å². The van der Waals surface area contributed by atoms with Crippen molar-refractivity contribution in [1.29, 1.82) is 0 Å². The third kappa shape index (κ3) is 13.3. The highest BCUT2D eigenvalue weighted by atomic mass is 19.2. The molecule has 246 valence electrons. The molecule has 0 atom stereocenters. The summed E-state index contributed by atoms with van der Waals surface area (Å²) in [7, 11) is 2.02. The van der Waals surface area contributed by atoms with Crippen LogP contribution in [0.2, 0.25) is 0 Å². The van der Waals surface area contributed by atoms with Crippen LogP contribution in [0.4, 0.5) is 8.78 Å². The standard InChI is InChI=1S/C24H30F2N2O.C7H12O2.C6H14/c1-6-22(28(5)18-11-9-7-8-10-12-18)21(27-4)15-16(2)19-13-14-20(17(3)29)24(26)23(19)25;1-6(8)9-5-7(2)3-4-7;1-3-5-6-4-2/h6,13-15,18H,1,4,7-12H2,2-3,5H3;3-5H2,1-2H3;3-6H2,1-2H3/b16-15+,22-21-;;. The van der Waals surface area contributed by atoms with Gasteiger partial charge in [0.05, 0.1) is 23.6 Å². The minimum Gasteiger partial charge on any atom is -0.465 e. The minimum atomic E-state index is -1.13. The first-order chi connectivity index (χ1) is 20.8. The second-order valence-corrected chi connectivity index (χ2v) is 12.4. The number of esters is 1. The molecule has 2 aliphatic carbocycles. The summed E-state index contributed by atoms with van der Waals surface area (Å²) in [6.07, 6.45) is 18.5. The summed E-state index contributed by atoms with van der Waals surface area (Å²) in [6.45, 7) is 19.1. The number of hydrogen-bond donors (Lipinski definition) is 0. The normalized spacial score (nSPS) is 16.5. The molecule has 0 aliphatic heterocycles. The van der Waals surface area contributed by atoms with Gasteiger partial charge in [-0.2, -0.15) is 0 Å². The SMILES string of the molecule is C=C/C(=C(\C=C(/C)c1ccc(C(C)=O)c(F)c1F)N=C)N(C)C1CCCCCC1.CC(=O)OCC1(C)CC1.CCCCCC. The first-order valence-electron chi connectivity index (χ1n) is 16.2. The van der Waals surface area contributed by atoms with Crippen molar-refractivity contribution < 1.29 is 23.1 Å². The van der Waals surface area contributed by atoms with Crippen LogP contribution in [0, 0.1) is 17.0 Å². The molecule has 0 saturated heterocycles. The maximum Gasteiger partial charge on any atom is 0.302 e. The third-order valence-corrected chi connectivity index (χ3v) is 8.30. The summed E-state index contributed by atoms with van der Waals surface area (Å²) < 4.78 is 33.6. The Morgan fingerprint density at radius 2 is 1.52 bits per heavy atom. The number of aliphatic imine (C=N–C) groups is 1. The van der Waals surface area contributed by atoms with Crippen LogP contribution in [0.15, 0.2) is 47.3 Å². The second-order valence-electron chi connectivity index (χ2n) is 12.4. The van der Waals surface area contributed by atoms with Crippen molar-refractivity contribution in [1.82, 2.24) is 4.90 Å². The van der Waals surface area contributed by atoms with Crippen molar-refractivity contribution in [3.63, 3.8) is 0 Å². The highest BCUT2D eigenvalue weighted by Crippen LogP contribution is 2.44. The number of benzene rings is 1. The maximum absolute atomic E-state index is 14.5. The second kappa shape index (κ2) is 20.0. The molecule has 2 aliphatic rings. The predicted molar refractivity (Wildman–Crippen MR) is 180 cm³/mol. The maximum atomic E-state index is 14.5. The van der Waals surface area contributed by atoms with Crippen molar-refractivity contribution >= 4 is 24.0 Å². The van der Waals surface area contributed by atoms with Gasteiger partial charge in [-0.05, 0) is 70.0 Å². The zero-order valence-electron chi connectivity index (χ0n) is 28.4. The Bertz CT molecular complexity index is 1160. The Labute approximate surface area is 265 Å². The van der Waals surface area contributed by atoms with Crippen LogP contribution in [-0.4, -0.2) is 43.1 Å². The largest absolute Gasteiger partial charge is 0.465 e. The fraction of sp³-hybridized carbons (Fsp3) is 0.595. The highest BCUT2D eigenvalue weighted by Gasteiger charge is 2.38. The van der Waals surface area contributed by atoms with E-state index in [0.29, 0.717) is 29.3 Å². The van der Waals surface area contributed by atoms with Crippen molar-refractivity contribution in [2.24, 2.45) is 10.4 Å². The van der Waals surface area contributed by atoms with E-state index in [4.69, 9.17) is 4.74 Å². The lowest BCUT2D eigenvalue weighted by atomic mass is 10.0. The molecule has 7 heteroatoms. The first-order valence-corrected chi connectivity index (χ1v) is 16.2. The van der Waals surface area contributed by atoms with Gasteiger partial charge in [-0.15, -0.1) is 0 Å². The van der Waals surface area contributed by atoms with Crippen molar-refractivity contribution in [3.05, 3.63) is 65.0 Å². The van der Waals surface area contributed by atoms with Crippen molar-refractivity contribution in [2.75, 3.05) is 13.7 Å². The topological polar surface area (TPSA) is 59.0 Å². The number of ether oxygens (including phenoxy) is 1. The molecule has 0 amide bonds. The average Bonchev–Trinajstić information content (AvgIpc) is 3.79. The molecule has 0 spiro atoms. The monoisotopic (exact) mass is 614 g/mol.